The fourth-order valence-corrected chi connectivity index (χ4v) is 9.35. The lowest BCUT2D eigenvalue weighted by atomic mass is 10.0. The molecule has 0 aliphatic carbocycles. The van der Waals surface area contributed by atoms with E-state index >= 15 is 0 Å². The summed E-state index contributed by atoms with van der Waals surface area (Å²) in [4.78, 5) is 38.3. The molecular formula is C69H122O6. The normalized spacial score (nSPS) is 12.5. The second-order valence-corrected chi connectivity index (χ2v) is 21.6. The molecular weight excluding hydrogens is 925 g/mol. The number of carbonyl (C=O) groups is 3. The van der Waals surface area contributed by atoms with Gasteiger partial charge in [0.1, 0.15) is 13.2 Å². The number of hydrogen-bond acceptors (Lipinski definition) is 6. The van der Waals surface area contributed by atoms with Gasteiger partial charge >= 0.3 is 17.9 Å². The molecule has 0 radical (unpaired) electrons. The summed E-state index contributed by atoms with van der Waals surface area (Å²) in [6.07, 6.45) is 82.0. The maximum Gasteiger partial charge on any atom is 0.306 e. The topological polar surface area (TPSA) is 78.9 Å². The number of allylic oxidation sites excluding steroid dienone is 12. The minimum Gasteiger partial charge on any atom is -0.462 e. The summed E-state index contributed by atoms with van der Waals surface area (Å²) in [5.41, 5.74) is 0. The van der Waals surface area contributed by atoms with Crippen molar-refractivity contribution in [3.63, 3.8) is 0 Å². The zero-order chi connectivity index (χ0) is 54.3. The molecule has 0 spiro atoms. The van der Waals surface area contributed by atoms with Crippen LogP contribution in [0.25, 0.3) is 0 Å². The van der Waals surface area contributed by atoms with Crippen LogP contribution >= 0.6 is 0 Å². The van der Waals surface area contributed by atoms with Gasteiger partial charge in [0.15, 0.2) is 6.10 Å². The molecule has 0 bridgehead atoms. The minimum absolute atomic E-state index is 0.0744. The quantitative estimate of drug-likeness (QED) is 0.0261. The molecule has 0 saturated carbocycles. The van der Waals surface area contributed by atoms with E-state index < -0.39 is 6.10 Å². The number of rotatable bonds is 59. The standard InChI is InChI=1S/C69H122O6/c1-4-7-10-13-16-19-22-25-27-28-29-30-31-32-33-34-35-36-37-38-39-40-42-44-47-50-53-56-59-62-68(71)74-65-66(64-73-67(70)61-58-55-52-49-46-43-24-21-18-15-12-9-6-3)75-69(72)63-60-57-54-51-48-45-41-26-23-20-17-14-11-8-5-2/h7,10,16,19,21,24-25,27,29-30,32-33,66H,4-6,8-9,11-15,17-18,20,22-23,26,28,31,34-65H2,1-3H3/b10-7-,19-16-,24-21-,27-25-,30-29-,33-32-. The maximum absolute atomic E-state index is 12.9. The Hall–Kier alpha value is -3.15. The van der Waals surface area contributed by atoms with E-state index in [2.05, 4.69) is 93.7 Å². The predicted molar refractivity (Wildman–Crippen MR) is 325 cm³/mol. The van der Waals surface area contributed by atoms with Gasteiger partial charge in [0.25, 0.3) is 0 Å². The van der Waals surface area contributed by atoms with E-state index in [1.165, 1.54) is 193 Å². The molecule has 0 fully saturated rings. The largest absolute Gasteiger partial charge is 0.462 e. The van der Waals surface area contributed by atoms with Crippen molar-refractivity contribution in [2.24, 2.45) is 0 Å². The Kier molecular flexibility index (Phi) is 60.7. The average Bonchev–Trinajstić information content (AvgIpc) is 3.41. The van der Waals surface area contributed by atoms with Crippen LogP contribution in [-0.2, 0) is 28.6 Å². The Morgan fingerprint density at radius 3 is 0.840 bits per heavy atom. The molecule has 0 aliphatic rings. The van der Waals surface area contributed by atoms with Gasteiger partial charge in [-0.25, -0.2) is 0 Å². The van der Waals surface area contributed by atoms with Gasteiger partial charge in [-0.1, -0.05) is 293 Å². The first-order chi connectivity index (χ1) is 37.0. The van der Waals surface area contributed by atoms with Gasteiger partial charge in [-0.05, 0) is 89.9 Å². The second kappa shape index (κ2) is 63.4. The molecule has 6 heteroatoms. The van der Waals surface area contributed by atoms with E-state index in [4.69, 9.17) is 14.2 Å². The Morgan fingerprint density at radius 1 is 0.280 bits per heavy atom. The molecule has 0 aromatic heterocycles. The van der Waals surface area contributed by atoms with Gasteiger partial charge in [-0.15, -0.1) is 0 Å². The third-order valence-corrected chi connectivity index (χ3v) is 14.2. The van der Waals surface area contributed by atoms with Crippen LogP contribution in [0.2, 0.25) is 0 Å². The SMILES string of the molecule is CC/C=C\C/C=C\C/C=C\C/C=C\C/C=C\CCCCCCCCCCCCCCCC(=O)OCC(COC(=O)CCCCCCC/C=C\CCCCCC)OC(=O)CCCCCCCCCCCCCCCCC. The van der Waals surface area contributed by atoms with Gasteiger partial charge in [0, 0.05) is 19.3 Å². The van der Waals surface area contributed by atoms with Crippen molar-refractivity contribution >= 4 is 17.9 Å². The van der Waals surface area contributed by atoms with Crippen LogP contribution in [0, 0.1) is 0 Å². The van der Waals surface area contributed by atoms with Crippen LogP contribution in [0.5, 0.6) is 0 Å². The molecule has 1 unspecified atom stereocenters. The second-order valence-electron chi connectivity index (χ2n) is 21.6. The first-order valence-corrected chi connectivity index (χ1v) is 32.4. The average molecular weight is 1050 g/mol. The van der Waals surface area contributed by atoms with Crippen molar-refractivity contribution in [2.45, 2.75) is 335 Å². The van der Waals surface area contributed by atoms with E-state index in [-0.39, 0.29) is 31.1 Å². The smallest absolute Gasteiger partial charge is 0.306 e. The van der Waals surface area contributed by atoms with Gasteiger partial charge < -0.3 is 14.2 Å². The molecule has 6 nitrogen and oxygen atoms in total. The number of unbranched alkanes of at least 4 members (excludes halogenated alkanes) is 36. The lowest BCUT2D eigenvalue weighted by molar-refractivity contribution is -0.167. The van der Waals surface area contributed by atoms with Gasteiger partial charge in [-0.3, -0.25) is 14.4 Å². The molecule has 1 atom stereocenters. The number of carbonyl (C=O) groups excluding carboxylic acids is 3. The Bertz CT molecular complexity index is 1390. The summed E-state index contributed by atoms with van der Waals surface area (Å²) in [7, 11) is 0. The molecule has 434 valence electrons. The molecule has 0 saturated heterocycles. The monoisotopic (exact) mass is 1050 g/mol. The highest BCUT2D eigenvalue weighted by atomic mass is 16.6. The first-order valence-electron chi connectivity index (χ1n) is 32.4. The Morgan fingerprint density at radius 2 is 0.520 bits per heavy atom. The molecule has 0 aromatic carbocycles. The van der Waals surface area contributed by atoms with E-state index in [1.54, 1.807) is 0 Å². The van der Waals surface area contributed by atoms with Gasteiger partial charge in [-0.2, -0.15) is 0 Å². The summed E-state index contributed by atoms with van der Waals surface area (Å²) in [5, 5.41) is 0. The molecule has 0 rings (SSSR count). The van der Waals surface area contributed by atoms with Gasteiger partial charge in [0.2, 0.25) is 0 Å². The van der Waals surface area contributed by atoms with Crippen molar-refractivity contribution in [1.82, 2.24) is 0 Å². The highest BCUT2D eigenvalue weighted by Crippen LogP contribution is 2.17. The zero-order valence-electron chi connectivity index (χ0n) is 49.8. The van der Waals surface area contributed by atoms with Crippen LogP contribution < -0.4 is 0 Å². The summed E-state index contributed by atoms with van der Waals surface area (Å²) in [6, 6.07) is 0. The number of ether oxygens (including phenoxy) is 3. The van der Waals surface area contributed by atoms with Crippen molar-refractivity contribution in [2.75, 3.05) is 13.2 Å². The van der Waals surface area contributed by atoms with Crippen LogP contribution in [0.4, 0.5) is 0 Å². The summed E-state index contributed by atoms with van der Waals surface area (Å²) in [6.45, 7) is 6.54. The third-order valence-electron chi connectivity index (χ3n) is 14.2. The van der Waals surface area contributed by atoms with Crippen molar-refractivity contribution in [3.8, 4) is 0 Å². The summed E-state index contributed by atoms with van der Waals surface area (Å²) >= 11 is 0. The lowest BCUT2D eigenvalue weighted by Gasteiger charge is -2.18. The van der Waals surface area contributed by atoms with Crippen LogP contribution in [0.15, 0.2) is 72.9 Å². The van der Waals surface area contributed by atoms with Crippen LogP contribution in [-0.4, -0.2) is 37.2 Å². The molecule has 0 aliphatic heterocycles. The number of hydrogen-bond donors (Lipinski definition) is 0. The number of esters is 3. The fourth-order valence-electron chi connectivity index (χ4n) is 9.35. The third kappa shape index (κ3) is 61.6. The highest BCUT2D eigenvalue weighted by molar-refractivity contribution is 5.71. The van der Waals surface area contributed by atoms with E-state index in [1.807, 2.05) is 0 Å². The summed E-state index contributed by atoms with van der Waals surface area (Å²) in [5.74, 6) is -0.867. The molecule has 75 heavy (non-hydrogen) atoms. The molecule has 0 N–H and O–H groups in total. The van der Waals surface area contributed by atoms with Crippen molar-refractivity contribution in [1.29, 1.82) is 0 Å². The Balaban J connectivity index is 4.21. The highest BCUT2D eigenvalue weighted by Gasteiger charge is 2.19. The lowest BCUT2D eigenvalue weighted by Crippen LogP contribution is -2.30. The first kappa shape index (κ1) is 71.8. The fraction of sp³-hybridized carbons (Fsp3) is 0.783. The molecule has 0 aromatic rings. The van der Waals surface area contributed by atoms with E-state index in [0.29, 0.717) is 19.3 Å². The summed E-state index contributed by atoms with van der Waals surface area (Å²) < 4.78 is 16.9. The predicted octanol–water partition coefficient (Wildman–Crippen LogP) is 22.1. The van der Waals surface area contributed by atoms with Crippen LogP contribution in [0.3, 0.4) is 0 Å². The molecule has 0 heterocycles. The van der Waals surface area contributed by atoms with Crippen molar-refractivity contribution < 1.29 is 28.6 Å². The zero-order valence-corrected chi connectivity index (χ0v) is 49.8. The van der Waals surface area contributed by atoms with E-state index in [0.717, 1.165) is 96.3 Å². The minimum atomic E-state index is -0.776. The maximum atomic E-state index is 12.9. The molecule has 0 amide bonds. The van der Waals surface area contributed by atoms with Crippen molar-refractivity contribution in [3.05, 3.63) is 72.9 Å². The van der Waals surface area contributed by atoms with Crippen LogP contribution in [0.1, 0.15) is 329 Å². The Labute approximate surface area is 465 Å². The van der Waals surface area contributed by atoms with Gasteiger partial charge in [0.05, 0.1) is 0 Å². The van der Waals surface area contributed by atoms with E-state index in [9.17, 15) is 14.4 Å².